The van der Waals surface area contributed by atoms with E-state index in [1.54, 1.807) is 17.2 Å². The summed E-state index contributed by atoms with van der Waals surface area (Å²) in [5.74, 6) is 0.438. The monoisotopic (exact) mass is 350 g/mol. The summed E-state index contributed by atoms with van der Waals surface area (Å²) in [5, 5.41) is 2.84. The molecule has 1 saturated carbocycles. The Morgan fingerprint density at radius 1 is 1.36 bits per heavy atom. The molecule has 4 rings (SSSR count). The number of halogens is 1. The number of carbonyl (C=O) groups is 2. The van der Waals surface area contributed by atoms with E-state index in [1.165, 1.54) is 0 Å². The first-order valence-electron chi connectivity index (χ1n) is 8.94. The average Bonchev–Trinajstić information content (AvgIpc) is 3.28. The van der Waals surface area contributed by atoms with Crippen LogP contribution in [-0.4, -0.2) is 48.2 Å². The summed E-state index contributed by atoms with van der Waals surface area (Å²) in [7, 11) is 0. The highest BCUT2D eigenvalue weighted by atomic mass is 19.1. The average molecular weight is 350 g/mol. The Kier molecular flexibility index (Phi) is 4.27. The van der Waals surface area contributed by atoms with Crippen LogP contribution in [0.5, 0.6) is 0 Å². The molecule has 0 spiro atoms. The molecule has 1 aliphatic carbocycles. The molecular weight excluding hydrogens is 327 g/mol. The van der Waals surface area contributed by atoms with Crippen molar-refractivity contribution >= 4 is 11.8 Å². The number of likely N-dealkylation sites (tertiary alicyclic amines) is 1. The summed E-state index contributed by atoms with van der Waals surface area (Å²) in [5.41, 5.74) is -1.66. The van der Waals surface area contributed by atoms with Gasteiger partial charge in [0.2, 0.25) is 5.91 Å². The smallest absolute Gasteiger partial charge is 0.260 e. The molecule has 25 heavy (non-hydrogen) atoms. The molecule has 0 unspecified atom stereocenters. The van der Waals surface area contributed by atoms with Gasteiger partial charge in [-0.05, 0) is 37.3 Å². The predicted molar refractivity (Wildman–Crippen MR) is 86.2 cm³/mol. The SMILES string of the molecule is O=C(C[C@@H]1CO[C@@H]2CN(C(=O)C3(F)CCC3)C[C@H]12)NCc1ccco1. The number of rotatable bonds is 5. The van der Waals surface area contributed by atoms with Gasteiger partial charge in [0.15, 0.2) is 5.67 Å². The van der Waals surface area contributed by atoms with Crippen LogP contribution in [0.4, 0.5) is 4.39 Å². The normalized spacial score (nSPS) is 30.0. The quantitative estimate of drug-likeness (QED) is 0.877. The van der Waals surface area contributed by atoms with Crippen molar-refractivity contribution in [2.45, 2.75) is 44.0 Å². The highest BCUT2D eigenvalue weighted by molar-refractivity contribution is 5.86. The summed E-state index contributed by atoms with van der Waals surface area (Å²) in [6.45, 7) is 1.82. The van der Waals surface area contributed by atoms with Crippen LogP contribution in [0.2, 0.25) is 0 Å². The number of carbonyl (C=O) groups excluding carboxylic acids is 2. The first kappa shape index (κ1) is 16.6. The molecule has 0 aromatic carbocycles. The lowest BCUT2D eigenvalue weighted by molar-refractivity contribution is -0.149. The van der Waals surface area contributed by atoms with Gasteiger partial charge in [-0.2, -0.15) is 0 Å². The zero-order chi connectivity index (χ0) is 17.4. The van der Waals surface area contributed by atoms with Gasteiger partial charge in [-0.3, -0.25) is 9.59 Å². The minimum atomic E-state index is -1.66. The zero-order valence-corrected chi connectivity index (χ0v) is 14.1. The fourth-order valence-electron chi connectivity index (χ4n) is 4.07. The number of nitrogens with zero attached hydrogens (tertiary/aromatic N) is 1. The van der Waals surface area contributed by atoms with Crippen LogP contribution in [0.15, 0.2) is 22.8 Å². The van der Waals surface area contributed by atoms with Crippen molar-refractivity contribution in [2.75, 3.05) is 19.7 Å². The lowest BCUT2D eigenvalue weighted by atomic mass is 9.81. The number of nitrogens with one attached hydrogen (secondary N) is 1. The van der Waals surface area contributed by atoms with Gasteiger partial charge >= 0.3 is 0 Å². The van der Waals surface area contributed by atoms with Crippen LogP contribution < -0.4 is 5.32 Å². The molecule has 2 aliphatic heterocycles. The van der Waals surface area contributed by atoms with E-state index < -0.39 is 11.6 Å². The molecule has 1 aromatic rings. The highest BCUT2D eigenvalue weighted by Crippen LogP contribution is 2.41. The largest absolute Gasteiger partial charge is 0.467 e. The molecule has 3 atom stereocenters. The van der Waals surface area contributed by atoms with E-state index in [0.717, 1.165) is 6.42 Å². The van der Waals surface area contributed by atoms with Gasteiger partial charge in [0, 0.05) is 25.4 Å². The highest BCUT2D eigenvalue weighted by Gasteiger charge is 2.52. The first-order valence-corrected chi connectivity index (χ1v) is 8.94. The van der Waals surface area contributed by atoms with Crippen LogP contribution in [0, 0.1) is 11.8 Å². The fourth-order valence-corrected chi connectivity index (χ4v) is 4.07. The molecule has 6 nitrogen and oxygen atoms in total. The Hall–Kier alpha value is -1.89. The Balaban J connectivity index is 1.29. The minimum absolute atomic E-state index is 0.0589. The molecule has 2 amide bonds. The van der Waals surface area contributed by atoms with Crippen LogP contribution in [0.1, 0.15) is 31.4 Å². The number of alkyl halides is 1. The molecule has 0 bridgehead atoms. The van der Waals surface area contributed by atoms with Crippen LogP contribution in [-0.2, 0) is 20.9 Å². The van der Waals surface area contributed by atoms with Crippen molar-refractivity contribution < 1.29 is 23.1 Å². The number of furan rings is 1. The molecule has 1 N–H and O–H groups in total. The van der Waals surface area contributed by atoms with Gasteiger partial charge in [-0.25, -0.2) is 4.39 Å². The Morgan fingerprint density at radius 2 is 2.20 bits per heavy atom. The van der Waals surface area contributed by atoms with E-state index in [2.05, 4.69) is 5.32 Å². The maximum atomic E-state index is 14.4. The maximum Gasteiger partial charge on any atom is 0.260 e. The van der Waals surface area contributed by atoms with E-state index in [4.69, 9.17) is 9.15 Å². The van der Waals surface area contributed by atoms with Gasteiger partial charge in [0.1, 0.15) is 5.76 Å². The van der Waals surface area contributed by atoms with Gasteiger partial charge < -0.3 is 19.4 Å². The second-order valence-corrected chi connectivity index (χ2v) is 7.38. The fraction of sp³-hybridized carbons (Fsp3) is 0.667. The second kappa shape index (κ2) is 6.44. The molecule has 3 heterocycles. The third-order valence-corrected chi connectivity index (χ3v) is 5.74. The van der Waals surface area contributed by atoms with E-state index in [9.17, 15) is 14.0 Å². The summed E-state index contributed by atoms with van der Waals surface area (Å²) in [6.07, 6.45) is 3.29. The first-order chi connectivity index (χ1) is 12.0. The topological polar surface area (TPSA) is 71.8 Å². The van der Waals surface area contributed by atoms with Gasteiger partial charge in [0.25, 0.3) is 5.91 Å². The number of ether oxygens (including phenoxy) is 1. The van der Waals surface area contributed by atoms with Crippen molar-refractivity contribution in [3.8, 4) is 0 Å². The molecule has 1 aromatic heterocycles. The number of fused-ring (bicyclic) bond motifs is 1. The Morgan fingerprint density at radius 3 is 2.88 bits per heavy atom. The lowest BCUT2D eigenvalue weighted by Gasteiger charge is -2.35. The van der Waals surface area contributed by atoms with Crippen LogP contribution in [0.25, 0.3) is 0 Å². The van der Waals surface area contributed by atoms with E-state index >= 15 is 0 Å². The number of hydrogen-bond donors (Lipinski definition) is 1. The molecule has 7 heteroatoms. The van der Waals surface area contributed by atoms with E-state index in [0.29, 0.717) is 51.3 Å². The standard InChI is InChI=1S/C18H23FN2O4/c19-18(4-2-5-18)17(23)21-9-14-12(11-25-15(14)10-21)7-16(22)20-8-13-3-1-6-24-13/h1,3,6,12,14-15H,2,4-5,7-11H2,(H,20,22)/t12-,14-,15-/m1/s1. The zero-order valence-electron chi connectivity index (χ0n) is 14.1. The molecular formula is C18H23FN2O4. The predicted octanol–water partition coefficient (Wildman–Crippen LogP) is 1.65. The minimum Gasteiger partial charge on any atom is -0.467 e. The maximum absolute atomic E-state index is 14.4. The Bertz CT molecular complexity index is 644. The lowest BCUT2D eigenvalue weighted by Crippen LogP contribution is -2.50. The van der Waals surface area contributed by atoms with Crippen molar-refractivity contribution in [3.05, 3.63) is 24.2 Å². The van der Waals surface area contributed by atoms with Crippen LogP contribution in [0.3, 0.4) is 0 Å². The van der Waals surface area contributed by atoms with Crippen molar-refractivity contribution in [1.29, 1.82) is 0 Å². The van der Waals surface area contributed by atoms with Crippen molar-refractivity contribution in [1.82, 2.24) is 10.2 Å². The van der Waals surface area contributed by atoms with E-state index in [-0.39, 0.29) is 23.8 Å². The molecule has 136 valence electrons. The van der Waals surface area contributed by atoms with Gasteiger partial charge in [-0.1, -0.05) is 0 Å². The molecule has 3 aliphatic rings. The molecule has 3 fully saturated rings. The number of hydrogen-bond acceptors (Lipinski definition) is 4. The second-order valence-electron chi connectivity index (χ2n) is 7.38. The molecule has 0 radical (unpaired) electrons. The summed E-state index contributed by atoms with van der Waals surface area (Å²) in [6, 6.07) is 3.59. The third-order valence-electron chi connectivity index (χ3n) is 5.74. The van der Waals surface area contributed by atoms with Crippen LogP contribution >= 0.6 is 0 Å². The van der Waals surface area contributed by atoms with Gasteiger partial charge in [-0.15, -0.1) is 0 Å². The summed E-state index contributed by atoms with van der Waals surface area (Å²) < 4.78 is 25.3. The molecule has 2 saturated heterocycles. The Labute approximate surface area is 145 Å². The van der Waals surface area contributed by atoms with E-state index in [1.807, 2.05) is 6.07 Å². The third kappa shape index (κ3) is 3.17. The van der Waals surface area contributed by atoms with Crippen molar-refractivity contribution in [2.24, 2.45) is 11.8 Å². The number of amides is 2. The van der Waals surface area contributed by atoms with Crippen molar-refractivity contribution in [3.63, 3.8) is 0 Å². The van der Waals surface area contributed by atoms with Gasteiger partial charge in [0.05, 0.1) is 25.5 Å². The summed E-state index contributed by atoms with van der Waals surface area (Å²) in [4.78, 5) is 26.1. The summed E-state index contributed by atoms with van der Waals surface area (Å²) >= 11 is 0.